The second-order valence-electron chi connectivity index (χ2n) is 4.70. The van der Waals surface area contributed by atoms with Crippen LogP contribution in [0.4, 0.5) is 13.2 Å². The highest BCUT2D eigenvalue weighted by molar-refractivity contribution is 5.80. The van der Waals surface area contributed by atoms with Crippen LogP contribution in [-0.4, -0.2) is 35.0 Å². The van der Waals surface area contributed by atoms with Crippen molar-refractivity contribution in [2.24, 2.45) is 5.92 Å². The van der Waals surface area contributed by atoms with Gasteiger partial charge in [0, 0.05) is 24.7 Å². The number of amides is 1. The van der Waals surface area contributed by atoms with E-state index >= 15 is 0 Å². The summed E-state index contributed by atoms with van der Waals surface area (Å²) in [7, 11) is 0. The van der Waals surface area contributed by atoms with Gasteiger partial charge in [-0.05, 0) is 12.5 Å². The molecule has 1 N–H and O–H groups in total. The number of benzene rings is 1. The lowest BCUT2D eigenvalue weighted by atomic mass is 10.1. The van der Waals surface area contributed by atoms with E-state index in [0.29, 0.717) is 18.6 Å². The van der Waals surface area contributed by atoms with Gasteiger partial charge in [-0.15, -0.1) is 0 Å². The Morgan fingerprint density at radius 3 is 2.45 bits per heavy atom. The molecule has 0 spiro atoms. The number of aliphatic carboxylic acids is 1. The highest BCUT2D eigenvalue weighted by Gasteiger charge is 2.31. The summed E-state index contributed by atoms with van der Waals surface area (Å²) in [5, 5.41) is 8.82. The van der Waals surface area contributed by atoms with Crippen LogP contribution in [0.25, 0.3) is 0 Å². The molecule has 1 aliphatic rings. The molecule has 0 radical (unpaired) electrons. The second kappa shape index (κ2) is 5.52. The number of hydrogen-bond donors (Lipinski definition) is 1. The van der Waals surface area contributed by atoms with Crippen molar-refractivity contribution in [3.05, 3.63) is 35.1 Å². The molecule has 0 saturated carbocycles. The fraction of sp³-hybridized carbons (Fsp3) is 0.385. The first-order chi connectivity index (χ1) is 9.38. The van der Waals surface area contributed by atoms with Crippen molar-refractivity contribution in [3.8, 4) is 0 Å². The SMILES string of the molecule is O=C(O)C1CCN(C(=O)Cc2cc(F)c(F)cc2F)C1. The van der Waals surface area contributed by atoms with Gasteiger partial charge in [0.25, 0.3) is 0 Å². The monoisotopic (exact) mass is 287 g/mol. The Kier molecular flexibility index (Phi) is 3.96. The topological polar surface area (TPSA) is 57.6 Å². The van der Waals surface area contributed by atoms with Gasteiger partial charge in [0.1, 0.15) is 5.82 Å². The highest BCUT2D eigenvalue weighted by atomic mass is 19.2. The summed E-state index contributed by atoms with van der Waals surface area (Å²) < 4.78 is 39.2. The number of carboxylic acid groups (broad SMARTS) is 1. The molecule has 1 atom stereocenters. The van der Waals surface area contributed by atoms with Crippen LogP contribution in [0, 0.1) is 23.4 Å². The third kappa shape index (κ3) is 2.92. The molecule has 1 fully saturated rings. The smallest absolute Gasteiger partial charge is 0.308 e. The van der Waals surface area contributed by atoms with Gasteiger partial charge in [-0.1, -0.05) is 0 Å². The minimum atomic E-state index is -1.31. The molecular formula is C13H12F3NO3. The summed E-state index contributed by atoms with van der Waals surface area (Å²) in [6.07, 6.45) is -0.0866. The molecular weight excluding hydrogens is 275 g/mol. The van der Waals surface area contributed by atoms with E-state index in [4.69, 9.17) is 5.11 Å². The molecule has 1 aromatic rings. The van der Waals surface area contributed by atoms with Crippen molar-refractivity contribution < 1.29 is 27.9 Å². The molecule has 2 rings (SSSR count). The highest BCUT2D eigenvalue weighted by Crippen LogP contribution is 2.19. The molecule has 7 heteroatoms. The zero-order chi connectivity index (χ0) is 14.9. The number of nitrogens with zero attached hydrogens (tertiary/aromatic N) is 1. The van der Waals surface area contributed by atoms with Gasteiger partial charge in [-0.2, -0.15) is 0 Å². The molecule has 108 valence electrons. The summed E-state index contributed by atoms with van der Waals surface area (Å²) in [5.41, 5.74) is -0.243. The van der Waals surface area contributed by atoms with Crippen LogP contribution >= 0.6 is 0 Å². The van der Waals surface area contributed by atoms with Crippen LogP contribution in [0.3, 0.4) is 0 Å². The van der Waals surface area contributed by atoms with Crippen molar-refractivity contribution in [1.29, 1.82) is 0 Å². The maximum atomic E-state index is 13.4. The third-order valence-corrected chi connectivity index (χ3v) is 3.32. The van der Waals surface area contributed by atoms with E-state index in [1.165, 1.54) is 4.90 Å². The fourth-order valence-corrected chi connectivity index (χ4v) is 2.16. The van der Waals surface area contributed by atoms with E-state index < -0.39 is 41.7 Å². The van der Waals surface area contributed by atoms with Crippen LogP contribution in [0.5, 0.6) is 0 Å². The van der Waals surface area contributed by atoms with E-state index in [9.17, 15) is 22.8 Å². The van der Waals surface area contributed by atoms with Gasteiger partial charge >= 0.3 is 5.97 Å². The zero-order valence-corrected chi connectivity index (χ0v) is 10.4. The van der Waals surface area contributed by atoms with Crippen LogP contribution < -0.4 is 0 Å². The van der Waals surface area contributed by atoms with Gasteiger partial charge in [0.05, 0.1) is 12.3 Å². The van der Waals surface area contributed by atoms with E-state index in [2.05, 4.69) is 0 Å². The Hall–Kier alpha value is -2.05. The predicted molar refractivity (Wildman–Crippen MR) is 62.3 cm³/mol. The minimum absolute atomic E-state index is 0.0550. The van der Waals surface area contributed by atoms with Crippen molar-refractivity contribution >= 4 is 11.9 Å². The van der Waals surface area contributed by atoms with Gasteiger partial charge in [-0.25, -0.2) is 13.2 Å². The van der Waals surface area contributed by atoms with E-state index in [1.807, 2.05) is 0 Å². The molecule has 1 saturated heterocycles. The van der Waals surface area contributed by atoms with Crippen LogP contribution in [0.1, 0.15) is 12.0 Å². The molecule has 20 heavy (non-hydrogen) atoms. The maximum absolute atomic E-state index is 13.4. The summed E-state index contributed by atoms with van der Waals surface area (Å²) >= 11 is 0. The maximum Gasteiger partial charge on any atom is 0.308 e. The molecule has 1 aliphatic heterocycles. The molecule has 1 aromatic carbocycles. The Labute approximate surface area is 112 Å². The summed E-state index contributed by atoms with van der Waals surface area (Å²) in [6.45, 7) is 0.320. The van der Waals surface area contributed by atoms with Crippen LogP contribution in [0.2, 0.25) is 0 Å². The minimum Gasteiger partial charge on any atom is -0.481 e. The average Bonchev–Trinajstić information content (AvgIpc) is 2.85. The third-order valence-electron chi connectivity index (χ3n) is 3.32. The van der Waals surface area contributed by atoms with E-state index in [-0.39, 0.29) is 18.7 Å². The lowest BCUT2D eigenvalue weighted by Gasteiger charge is -2.16. The van der Waals surface area contributed by atoms with Gasteiger partial charge in [0.15, 0.2) is 11.6 Å². The summed E-state index contributed by atoms with van der Waals surface area (Å²) in [6, 6.07) is 1.04. The van der Waals surface area contributed by atoms with Gasteiger partial charge in [-0.3, -0.25) is 9.59 Å². The number of carbonyl (C=O) groups is 2. The first kappa shape index (κ1) is 14.4. The van der Waals surface area contributed by atoms with E-state index in [1.54, 1.807) is 0 Å². The van der Waals surface area contributed by atoms with Crippen LogP contribution in [0.15, 0.2) is 12.1 Å². The molecule has 0 bridgehead atoms. The van der Waals surface area contributed by atoms with Crippen LogP contribution in [-0.2, 0) is 16.0 Å². The summed E-state index contributed by atoms with van der Waals surface area (Å²) in [4.78, 5) is 23.9. The number of hydrogen-bond acceptors (Lipinski definition) is 2. The summed E-state index contributed by atoms with van der Waals surface area (Å²) in [5.74, 6) is -5.65. The van der Waals surface area contributed by atoms with Gasteiger partial charge < -0.3 is 10.0 Å². The predicted octanol–water partition coefficient (Wildman–Crippen LogP) is 1.58. The number of halogens is 3. The van der Waals surface area contributed by atoms with Crippen molar-refractivity contribution in [2.75, 3.05) is 13.1 Å². The Balaban J connectivity index is 2.06. The largest absolute Gasteiger partial charge is 0.481 e. The first-order valence-corrected chi connectivity index (χ1v) is 6.02. The van der Waals surface area contributed by atoms with Crippen molar-refractivity contribution in [2.45, 2.75) is 12.8 Å². The Morgan fingerprint density at radius 1 is 1.20 bits per heavy atom. The molecule has 1 heterocycles. The number of likely N-dealkylation sites (tertiary alicyclic amines) is 1. The van der Waals surface area contributed by atoms with Crippen molar-refractivity contribution in [3.63, 3.8) is 0 Å². The molecule has 4 nitrogen and oxygen atoms in total. The molecule has 1 amide bonds. The number of carbonyl (C=O) groups excluding carboxylic acids is 1. The lowest BCUT2D eigenvalue weighted by molar-refractivity contribution is -0.141. The quantitative estimate of drug-likeness (QED) is 0.859. The van der Waals surface area contributed by atoms with E-state index in [0.717, 1.165) is 0 Å². The van der Waals surface area contributed by atoms with Gasteiger partial charge in [0.2, 0.25) is 5.91 Å². The van der Waals surface area contributed by atoms with Crippen molar-refractivity contribution in [1.82, 2.24) is 4.90 Å². The second-order valence-corrected chi connectivity index (χ2v) is 4.70. The zero-order valence-electron chi connectivity index (χ0n) is 10.4. The molecule has 0 aliphatic carbocycles. The fourth-order valence-electron chi connectivity index (χ4n) is 2.16. The molecule has 1 unspecified atom stereocenters. The first-order valence-electron chi connectivity index (χ1n) is 6.02. The number of rotatable bonds is 3. The Morgan fingerprint density at radius 2 is 1.85 bits per heavy atom. The molecule has 0 aromatic heterocycles. The Bertz CT molecular complexity index is 562. The number of carboxylic acids is 1. The average molecular weight is 287 g/mol. The lowest BCUT2D eigenvalue weighted by Crippen LogP contribution is -2.31. The standard InChI is InChI=1S/C13H12F3NO3/c14-9-5-11(16)10(15)3-8(9)4-12(18)17-2-1-7(6-17)13(19)20/h3,5,7H,1-2,4,6H2,(H,19,20). The normalized spacial score (nSPS) is 18.4.